The van der Waals surface area contributed by atoms with Crippen molar-refractivity contribution in [2.75, 3.05) is 38.1 Å². The number of nitrogens with one attached hydrogen (secondary N) is 1. The van der Waals surface area contributed by atoms with E-state index in [1.807, 2.05) is 30.3 Å². The number of anilines is 1. The smallest absolute Gasteiger partial charge is 0.246 e. The summed E-state index contributed by atoms with van der Waals surface area (Å²) in [6.07, 6.45) is 3.59. The summed E-state index contributed by atoms with van der Waals surface area (Å²) in [5, 5.41) is 7.68. The zero-order chi connectivity index (χ0) is 21.6. The molecule has 0 spiro atoms. The number of piperazine rings is 1. The van der Waals surface area contributed by atoms with Gasteiger partial charge in [0.05, 0.1) is 11.9 Å². The fourth-order valence-corrected chi connectivity index (χ4v) is 4.00. The van der Waals surface area contributed by atoms with E-state index in [-0.39, 0.29) is 18.4 Å². The van der Waals surface area contributed by atoms with Gasteiger partial charge < -0.3 is 15.1 Å². The molecule has 0 radical (unpaired) electrons. The normalized spacial score (nSPS) is 14.9. The second kappa shape index (κ2) is 9.47. The molecule has 1 saturated heterocycles. The van der Waals surface area contributed by atoms with Crippen molar-refractivity contribution in [1.82, 2.24) is 20.0 Å². The number of nitrogens with zero attached hydrogens (tertiary/aromatic N) is 5. The summed E-state index contributed by atoms with van der Waals surface area (Å²) in [7, 11) is 3.62. The number of aryl methyl sites for hydroxylation is 1. The van der Waals surface area contributed by atoms with E-state index >= 15 is 0 Å². The van der Waals surface area contributed by atoms with Gasteiger partial charge in [0.1, 0.15) is 6.54 Å². The molecular weight excluding hydrogens is 388 g/mol. The van der Waals surface area contributed by atoms with Crippen molar-refractivity contribution in [3.05, 3.63) is 84.2 Å². The monoisotopic (exact) mass is 416 g/mol. The molecule has 0 aliphatic carbocycles. The maximum atomic E-state index is 12.8. The fourth-order valence-electron chi connectivity index (χ4n) is 4.00. The molecule has 31 heavy (non-hydrogen) atoms. The van der Waals surface area contributed by atoms with Crippen molar-refractivity contribution in [2.45, 2.75) is 5.92 Å². The van der Waals surface area contributed by atoms with Crippen LogP contribution in [0.4, 0.5) is 5.69 Å². The van der Waals surface area contributed by atoms with E-state index in [0.29, 0.717) is 19.6 Å². The molecule has 2 aromatic carbocycles. The van der Waals surface area contributed by atoms with E-state index in [9.17, 15) is 4.79 Å². The van der Waals surface area contributed by atoms with Crippen molar-refractivity contribution in [3.63, 3.8) is 0 Å². The van der Waals surface area contributed by atoms with Gasteiger partial charge >= 0.3 is 0 Å². The second-order valence-electron chi connectivity index (χ2n) is 7.64. The van der Waals surface area contributed by atoms with E-state index < -0.39 is 0 Å². The van der Waals surface area contributed by atoms with Crippen molar-refractivity contribution >= 4 is 17.6 Å². The Morgan fingerprint density at radius 1 is 1.06 bits per heavy atom. The van der Waals surface area contributed by atoms with Gasteiger partial charge in [0.2, 0.25) is 5.91 Å². The Labute approximate surface area is 183 Å². The summed E-state index contributed by atoms with van der Waals surface area (Å²) in [6.45, 7) is 2.29. The van der Waals surface area contributed by atoms with Gasteiger partial charge in [-0.2, -0.15) is 5.10 Å². The van der Waals surface area contributed by atoms with Gasteiger partial charge in [-0.3, -0.25) is 14.5 Å². The standard InChI is InChI=1S/C24H28N6O/c1-25-24(29-13-14-30(23(31)18-29)21-15-27-28(2)17-21)26-16-22(19-9-5-3-6-10-19)20-11-7-4-8-12-20/h3-12,15,17,22H,13-14,16,18H2,1-2H3,(H,25,26). The van der Waals surface area contributed by atoms with Crippen molar-refractivity contribution in [1.29, 1.82) is 0 Å². The summed E-state index contributed by atoms with van der Waals surface area (Å²) in [6, 6.07) is 20.9. The molecule has 0 unspecified atom stereocenters. The van der Waals surface area contributed by atoms with E-state index in [1.54, 1.807) is 22.8 Å². The molecule has 1 aliphatic heterocycles. The van der Waals surface area contributed by atoms with Crippen LogP contribution in [-0.4, -0.2) is 59.8 Å². The lowest BCUT2D eigenvalue weighted by Crippen LogP contribution is -2.55. The highest BCUT2D eigenvalue weighted by Gasteiger charge is 2.28. The van der Waals surface area contributed by atoms with Crippen LogP contribution in [0.5, 0.6) is 0 Å². The lowest BCUT2D eigenvalue weighted by molar-refractivity contribution is -0.120. The molecule has 1 aliphatic rings. The highest BCUT2D eigenvalue weighted by Crippen LogP contribution is 2.24. The minimum absolute atomic E-state index is 0.0462. The van der Waals surface area contributed by atoms with Gasteiger partial charge in [0.15, 0.2) is 5.96 Å². The van der Waals surface area contributed by atoms with Crippen LogP contribution in [0.2, 0.25) is 0 Å². The predicted molar refractivity (Wildman–Crippen MR) is 123 cm³/mol. The number of hydrogen-bond donors (Lipinski definition) is 1. The lowest BCUT2D eigenvalue weighted by Gasteiger charge is -2.35. The van der Waals surface area contributed by atoms with Crippen LogP contribution < -0.4 is 10.2 Å². The first kappa shape index (κ1) is 20.7. The number of amides is 1. The second-order valence-corrected chi connectivity index (χ2v) is 7.64. The van der Waals surface area contributed by atoms with Gasteiger partial charge in [-0.25, -0.2) is 0 Å². The molecule has 0 saturated carbocycles. The third kappa shape index (κ3) is 4.77. The largest absolute Gasteiger partial charge is 0.355 e. The Kier molecular flexibility index (Phi) is 6.31. The van der Waals surface area contributed by atoms with Gasteiger partial charge in [0.25, 0.3) is 0 Å². The van der Waals surface area contributed by atoms with Crippen LogP contribution in [0.1, 0.15) is 17.0 Å². The molecule has 3 aromatic rings. The van der Waals surface area contributed by atoms with Gasteiger partial charge in [-0.05, 0) is 11.1 Å². The highest BCUT2D eigenvalue weighted by molar-refractivity contribution is 5.98. The Morgan fingerprint density at radius 3 is 2.23 bits per heavy atom. The Morgan fingerprint density at radius 2 is 1.71 bits per heavy atom. The van der Waals surface area contributed by atoms with Crippen molar-refractivity contribution in [2.24, 2.45) is 12.0 Å². The topological polar surface area (TPSA) is 65.8 Å². The number of aromatic nitrogens is 2. The lowest BCUT2D eigenvalue weighted by atomic mass is 9.91. The molecule has 0 bridgehead atoms. The predicted octanol–water partition coefficient (Wildman–Crippen LogP) is 2.48. The third-order valence-electron chi connectivity index (χ3n) is 5.60. The Balaban J connectivity index is 1.44. The van der Waals surface area contributed by atoms with Gasteiger partial charge in [-0.15, -0.1) is 0 Å². The number of carbonyl (C=O) groups is 1. The SMILES string of the molecule is CN=C(NCC(c1ccccc1)c1ccccc1)N1CCN(c2cnn(C)c2)C(=O)C1. The van der Waals surface area contributed by atoms with Crippen molar-refractivity contribution in [3.8, 4) is 0 Å². The Bertz CT molecular complexity index is 991. The first-order chi connectivity index (χ1) is 15.2. The Hall–Kier alpha value is -3.61. The minimum atomic E-state index is 0.0462. The summed E-state index contributed by atoms with van der Waals surface area (Å²) < 4.78 is 1.71. The number of carbonyl (C=O) groups excluding carboxylic acids is 1. The van der Waals surface area contributed by atoms with Crippen LogP contribution in [0.15, 0.2) is 78.0 Å². The maximum Gasteiger partial charge on any atom is 0.246 e. The number of aliphatic imine (C=N–C) groups is 1. The molecule has 0 atom stereocenters. The third-order valence-corrected chi connectivity index (χ3v) is 5.60. The molecule has 1 aromatic heterocycles. The first-order valence-electron chi connectivity index (χ1n) is 10.5. The summed E-state index contributed by atoms with van der Waals surface area (Å²) in [5.41, 5.74) is 3.33. The quantitative estimate of drug-likeness (QED) is 0.513. The molecule has 7 heteroatoms. The summed E-state index contributed by atoms with van der Waals surface area (Å²) >= 11 is 0. The summed E-state index contributed by atoms with van der Waals surface area (Å²) in [5.74, 6) is 0.979. The van der Waals surface area contributed by atoms with Crippen LogP contribution in [0.3, 0.4) is 0 Å². The number of hydrogen-bond acceptors (Lipinski definition) is 3. The highest BCUT2D eigenvalue weighted by atomic mass is 16.2. The number of rotatable bonds is 5. The number of guanidine groups is 1. The fraction of sp³-hybridized carbons (Fsp3) is 0.292. The molecule has 2 heterocycles. The first-order valence-corrected chi connectivity index (χ1v) is 10.5. The molecule has 1 amide bonds. The van der Waals surface area contributed by atoms with Gasteiger partial charge in [0, 0.05) is 45.8 Å². The van der Waals surface area contributed by atoms with E-state index in [4.69, 9.17) is 0 Å². The van der Waals surface area contributed by atoms with Crippen LogP contribution in [-0.2, 0) is 11.8 Å². The number of benzene rings is 2. The average molecular weight is 417 g/mol. The minimum Gasteiger partial charge on any atom is -0.355 e. The average Bonchev–Trinajstić information content (AvgIpc) is 3.24. The summed E-state index contributed by atoms with van der Waals surface area (Å²) in [4.78, 5) is 21.0. The molecule has 1 N–H and O–H groups in total. The van der Waals surface area contributed by atoms with Crippen LogP contribution in [0.25, 0.3) is 0 Å². The molecule has 1 fully saturated rings. The molecular formula is C24H28N6O. The van der Waals surface area contributed by atoms with E-state index in [2.05, 4.69) is 63.9 Å². The van der Waals surface area contributed by atoms with Crippen LogP contribution >= 0.6 is 0 Å². The van der Waals surface area contributed by atoms with Crippen LogP contribution in [0, 0.1) is 0 Å². The van der Waals surface area contributed by atoms with E-state index in [0.717, 1.165) is 11.6 Å². The van der Waals surface area contributed by atoms with E-state index in [1.165, 1.54) is 11.1 Å². The molecule has 160 valence electrons. The maximum absolute atomic E-state index is 12.8. The van der Waals surface area contributed by atoms with Gasteiger partial charge in [-0.1, -0.05) is 60.7 Å². The molecule has 7 nitrogen and oxygen atoms in total. The van der Waals surface area contributed by atoms with Crippen molar-refractivity contribution < 1.29 is 4.79 Å². The zero-order valence-electron chi connectivity index (χ0n) is 18.0. The molecule has 4 rings (SSSR count). The zero-order valence-corrected chi connectivity index (χ0v) is 18.0.